The molecule has 0 bridgehead atoms. The van der Waals surface area contributed by atoms with Crippen molar-refractivity contribution in [2.75, 3.05) is 5.32 Å². The second kappa shape index (κ2) is 6.94. The predicted molar refractivity (Wildman–Crippen MR) is 91.7 cm³/mol. The number of rotatable bonds is 5. The molecule has 0 saturated heterocycles. The van der Waals surface area contributed by atoms with Gasteiger partial charge in [0.25, 0.3) is 5.56 Å². The highest BCUT2D eigenvalue weighted by Crippen LogP contribution is 2.27. The second-order valence-electron chi connectivity index (χ2n) is 5.52. The number of nitrogens with one attached hydrogen (secondary N) is 1. The van der Waals surface area contributed by atoms with Crippen LogP contribution in [-0.2, 0) is 6.42 Å². The first-order chi connectivity index (χ1) is 12.2. The number of hydrogen-bond donors (Lipinski definition) is 1. The van der Waals surface area contributed by atoms with Crippen LogP contribution >= 0.6 is 11.3 Å². The molecule has 1 N–H and O–H groups in total. The van der Waals surface area contributed by atoms with E-state index in [1.165, 1.54) is 46.2 Å². The minimum Gasteiger partial charge on any atom is -0.406 e. The van der Waals surface area contributed by atoms with Crippen LogP contribution in [0, 0.1) is 0 Å². The van der Waals surface area contributed by atoms with E-state index in [-0.39, 0.29) is 17.4 Å². The minimum absolute atomic E-state index is 0.239. The molecular weight excluding hydrogens is 369 g/mol. The van der Waals surface area contributed by atoms with Crippen LogP contribution in [0.15, 0.2) is 35.1 Å². The number of nitrogens with zero attached hydrogens (tertiary/aromatic N) is 3. The van der Waals surface area contributed by atoms with Gasteiger partial charge >= 0.3 is 6.36 Å². The fraction of sp³-hybridized carbons (Fsp3) is 0.312. The van der Waals surface area contributed by atoms with Crippen molar-refractivity contribution < 1.29 is 17.9 Å². The van der Waals surface area contributed by atoms with Crippen LogP contribution in [0.5, 0.6) is 5.75 Å². The highest BCUT2D eigenvalue weighted by Gasteiger charge is 2.31. The van der Waals surface area contributed by atoms with E-state index in [0.29, 0.717) is 22.2 Å². The first-order valence-electron chi connectivity index (χ1n) is 7.77. The van der Waals surface area contributed by atoms with Gasteiger partial charge in [0.1, 0.15) is 5.75 Å². The molecule has 0 fully saturated rings. The Morgan fingerprint density at radius 2 is 2.00 bits per heavy atom. The van der Waals surface area contributed by atoms with Crippen LogP contribution < -0.4 is 15.6 Å². The molecule has 0 spiro atoms. The third kappa shape index (κ3) is 4.13. The zero-order valence-corrected chi connectivity index (χ0v) is 14.7. The summed E-state index contributed by atoms with van der Waals surface area (Å²) < 4.78 is 41.7. The number of benzene rings is 1. The van der Waals surface area contributed by atoms with Gasteiger partial charge in [-0.05, 0) is 31.0 Å². The number of halogens is 3. The molecule has 0 saturated carbocycles. The average molecular weight is 384 g/mol. The lowest BCUT2D eigenvalue weighted by atomic mass is 10.1. The highest BCUT2D eigenvalue weighted by atomic mass is 32.1. The van der Waals surface area contributed by atoms with E-state index in [0.717, 1.165) is 5.56 Å². The van der Waals surface area contributed by atoms with Gasteiger partial charge in [0.2, 0.25) is 10.1 Å². The Labute approximate surface area is 150 Å². The maximum Gasteiger partial charge on any atom is 0.573 e. The van der Waals surface area contributed by atoms with Crippen LogP contribution in [0.4, 0.5) is 18.3 Å². The van der Waals surface area contributed by atoms with Crippen molar-refractivity contribution in [3.8, 4) is 5.75 Å². The van der Waals surface area contributed by atoms with Crippen LogP contribution in [0.25, 0.3) is 4.96 Å². The fourth-order valence-electron chi connectivity index (χ4n) is 2.32. The largest absolute Gasteiger partial charge is 0.573 e. The Bertz CT molecular complexity index is 966. The summed E-state index contributed by atoms with van der Waals surface area (Å²) in [7, 11) is 0. The zero-order chi connectivity index (χ0) is 18.9. The lowest BCUT2D eigenvalue weighted by Gasteiger charge is -2.14. The summed E-state index contributed by atoms with van der Waals surface area (Å²) in [6.07, 6.45) is -4.07. The number of aryl methyl sites for hydroxylation is 1. The Morgan fingerprint density at radius 1 is 1.31 bits per heavy atom. The molecule has 0 aliphatic rings. The van der Waals surface area contributed by atoms with Gasteiger partial charge in [-0.3, -0.25) is 4.79 Å². The molecule has 10 heteroatoms. The summed E-state index contributed by atoms with van der Waals surface area (Å²) in [5.41, 5.74) is 1.18. The van der Waals surface area contributed by atoms with E-state index in [4.69, 9.17) is 0 Å². The van der Waals surface area contributed by atoms with Gasteiger partial charge in [-0.1, -0.05) is 30.4 Å². The van der Waals surface area contributed by atoms with Crippen molar-refractivity contribution in [2.24, 2.45) is 0 Å². The third-order valence-electron chi connectivity index (χ3n) is 3.61. The molecule has 2 heterocycles. The molecule has 0 aliphatic carbocycles. The molecule has 3 rings (SSSR count). The smallest absolute Gasteiger partial charge is 0.406 e. The van der Waals surface area contributed by atoms with Gasteiger partial charge in [0, 0.05) is 11.8 Å². The minimum atomic E-state index is -4.72. The first kappa shape index (κ1) is 18.2. The van der Waals surface area contributed by atoms with Gasteiger partial charge in [-0.15, -0.1) is 18.3 Å². The van der Waals surface area contributed by atoms with Gasteiger partial charge in [-0.2, -0.15) is 4.52 Å². The SMILES string of the molecule is CCc1cc(=O)n2nc(N[C@@H](C)c3ccc(OC(F)(F)F)cc3)sc2n1. The van der Waals surface area contributed by atoms with Crippen molar-refractivity contribution >= 4 is 21.4 Å². The highest BCUT2D eigenvalue weighted by molar-refractivity contribution is 7.20. The third-order valence-corrected chi connectivity index (χ3v) is 4.45. The van der Waals surface area contributed by atoms with Gasteiger partial charge in [-0.25, -0.2) is 4.98 Å². The summed E-state index contributed by atoms with van der Waals surface area (Å²) in [5, 5.41) is 7.81. The van der Waals surface area contributed by atoms with E-state index in [2.05, 4.69) is 20.1 Å². The quantitative estimate of drug-likeness (QED) is 0.725. The summed E-state index contributed by atoms with van der Waals surface area (Å²) in [6, 6.07) is 6.77. The number of anilines is 1. The van der Waals surface area contributed by atoms with Crippen molar-refractivity contribution in [1.29, 1.82) is 0 Å². The maximum absolute atomic E-state index is 12.2. The molecule has 1 atom stereocenters. The number of fused-ring (bicyclic) bond motifs is 1. The normalized spacial score (nSPS) is 13.0. The molecule has 0 amide bonds. The van der Waals surface area contributed by atoms with Crippen LogP contribution in [0.2, 0.25) is 0 Å². The van der Waals surface area contributed by atoms with Gasteiger partial charge in [0.05, 0.1) is 6.04 Å². The standard InChI is InChI=1S/C16H15F3N4O2S/c1-3-11-8-13(24)23-15(21-11)26-14(22-23)20-9(2)10-4-6-12(7-5-10)25-16(17,18)19/h4-9H,3H2,1-2H3,(H,20,22)/t9-/m0/s1. The summed E-state index contributed by atoms with van der Waals surface area (Å²) in [5.74, 6) is -0.281. The van der Waals surface area contributed by atoms with E-state index < -0.39 is 6.36 Å². The number of alkyl halides is 3. The predicted octanol–water partition coefficient (Wildman–Crippen LogP) is 3.79. The molecule has 0 aliphatic heterocycles. The lowest BCUT2D eigenvalue weighted by molar-refractivity contribution is -0.274. The zero-order valence-electron chi connectivity index (χ0n) is 13.9. The Balaban J connectivity index is 1.77. The van der Waals surface area contributed by atoms with E-state index in [1.807, 2.05) is 13.8 Å². The monoisotopic (exact) mass is 384 g/mol. The molecule has 6 nitrogen and oxygen atoms in total. The topological polar surface area (TPSA) is 68.5 Å². The van der Waals surface area contributed by atoms with Crippen molar-refractivity contribution in [2.45, 2.75) is 32.7 Å². The summed E-state index contributed by atoms with van der Waals surface area (Å²) >= 11 is 1.23. The van der Waals surface area contributed by atoms with Crippen molar-refractivity contribution in [3.63, 3.8) is 0 Å². The first-order valence-corrected chi connectivity index (χ1v) is 8.59. The average Bonchev–Trinajstić information content (AvgIpc) is 2.96. The fourth-order valence-corrected chi connectivity index (χ4v) is 3.23. The summed E-state index contributed by atoms with van der Waals surface area (Å²) in [4.78, 5) is 16.9. The molecule has 2 aromatic heterocycles. The van der Waals surface area contributed by atoms with E-state index >= 15 is 0 Å². The lowest BCUT2D eigenvalue weighted by Crippen LogP contribution is -2.17. The number of hydrogen-bond acceptors (Lipinski definition) is 6. The number of aromatic nitrogens is 3. The van der Waals surface area contributed by atoms with Crippen LogP contribution in [0.1, 0.15) is 31.1 Å². The maximum atomic E-state index is 12.2. The van der Waals surface area contributed by atoms with Gasteiger partial charge in [0.15, 0.2) is 0 Å². The molecule has 0 unspecified atom stereocenters. The number of ether oxygens (including phenoxy) is 1. The Hall–Kier alpha value is -2.62. The molecular formula is C16H15F3N4O2S. The molecule has 0 radical (unpaired) electrons. The van der Waals surface area contributed by atoms with E-state index in [9.17, 15) is 18.0 Å². The Kier molecular flexibility index (Phi) is 4.86. The Morgan fingerprint density at radius 3 is 2.62 bits per heavy atom. The molecule has 26 heavy (non-hydrogen) atoms. The molecule has 138 valence electrons. The summed E-state index contributed by atoms with van der Waals surface area (Å²) in [6.45, 7) is 3.74. The van der Waals surface area contributed by atoms with Gasteiger partial charge < -0.3 is 10.1 Å². The molecule has 1 aromatic carbocycles. The van der Waals surface area contributed by atoms with E-state index in [1.54, 1.807) is 0 Å². The van der Waals surface area contributed by atoms with Crippen LogP contribution in [0.3, 0.4) is 0 Å². The van der Waals surface area contributed by atoms with Crippen molar-refractivity contribution in [3.05, 3.63) is 51.9 Å². The van der Waals surface area contributed by atoms with Crippen molar-refractivity contribution in [1.82, 2.24) is 14.6 Å². The molecule has 3 aromatic rings. The van der Waals surface area contributed by atoms with Crippen LogP contribution in [-0.4, -0.2) is 21.0 Å². The second-order valence-corrected chi connectivity index (χ2v) is 6.48.